The number of fused-ring (bicyclic) bond motifs is 1. The van der Waals surface area contributed by atoms with Crippen LogP contribution < -0.4 is 9.64 Å². The van der Waals surface area contributed by atoms with Crippen LogP contribution in [0.3, 0.4) is 0 Å². The first-order valence-corrected chi connectivity index (χ1v) is 8.00. The summed E-state index contributed by atoms with van der Waals surface area (Å²) in [5.41, 5.74) is 1.05. The number of carbonyl (C=O) groups excluding carboxylic acids is 1. The zero-order valence-corrected chi connectivity index (χ0v) is 13.8. The number of nitro groups is 1. The van der Waals surface area contributed by atoms with Crippen molar-refractivity contribution in [1.82, 2.24) is 0 Å². The van der Waals surface area contributed by atoms with Crippen molar-refractivity contribution in [3.05, 3.63) is 63.2 Å². The van der Waals surface area contributed by atoms with Crippen molar-refractivity contribution < 1.29 is 19.6 Å². The van der Waals surface area contributed by atoms with E-state index in [1.165, 1.54) is 23.1 Å². The van der Waals surface area contributed by atoms with E-state index in [4.69, 9.17) is 21.4 Å². The summed E-state index contributed by atoms with van der Waals surface area (Å²) in [6.07, 6.45) is -0.804. The zero-order chi connectivity index (χ0) is 18.0. The summed E-state index contributed by atoms with van der Waals surface area (Å²) in [6, 6.07) is 11.2. The van der Waals surface area contributed by atoms with Crippen molar-refractivity contribution >= 4 is 28.9 Å². The minimum Gasteiger partial charge on any atom is -0.478 e. The summed E-state index contributed by atoms with van der Waals surface area (Å²) >= 11 is 6.18. The largest absolute Gasteiger partial charge is 0.478 e. The lowest BCUT2D eigenvalue weighted by atomic mass is 10.1. The Labute approximate surface area is 148 Å². The number of ether oxygens (including phenoxy) is 1. The Bertz CT molecular complexity index is 826. The van der Waals surface area contributed by atoms with E-state index in [1.54, 1.807) is 18.2 Å². The molecule has 0 fully saturated rings. The Morgan fingerprint density at radius 1 is 1.28 bits per heavy atom. The fourth-order valence-electron chi connectivity index (χ4n) is 2.69. The van der Waals surface area contributed by atoms with Crippen LogP contribution in [0.5, 0.6) is 5.75 Å². The number of rotatable bonds is 5. The van der Waals surface area contributed by atoms with Crippen LogP contribution in [0.15, 0.2) is 42.5 Å². The highest BCUT2D eigenvalue weighted by Crippen LogP contribution is 2.38. The second kappa shape index (κ2) is 7.08. The second-order valence-electron chi connectivity index (χ2n) is 5.54. The number of hydrogen-bond donors (Lipinski definition) is 1. The van der Waals surface area contributed by atoms with Crippen molar-refractivity contribution in [1.29, 1.82) is 0 Å². The predicted molar refractivity (Wildman–Crippen MR) is 91.9 cm³/mol. The molecule has 1 aliphatic rings. The molecule has 1 amide bonds. The lowest BCUT2D eigenvalue weighted by Crippen LogP contribution is -2.46. The van der Waals surface area contributed by atoms with Gasteiger partial charge in [-0.2, -0.15) is 0 Å². The van der Waals surface area contributed by atoms with E-state index < -0.39 is 11.0 Å². The number of aliphatic hydroxyl groups is 1. The molecule has 1 atom stereocenters. The molecule has 3 rings (SSSR count). The molecule has 1 aliphatic heterocycles. The number of aliphatic hydroxyl groups excluding tert-OH is 1. The second-order valence-corrected chi connectivity index (χ2v) is 5.95. The van der Waals surface area contributed by atoms with E-state index >= 15 is 0 Å². The SMILES string of the molecule is O=C1C(CCO)Oc2cc([N+](=O)[O-])ccc2N1Cc1ccccc1Cl. The first kappa shape index (κ1) is 17.2. The number of anilines is 1. The number of halogens is 1. The number of carbonyl (C=O) groups is 1. The highest BCUT2D eigenvalue weighted by atomic mass is 35.5. The molecular weight excluding hydrogens is 348 g/mol. The average molecular weight is 363 g/mol. The number of nitrogens with zero attached hydrogens (tertiary/aromatic N) is 2. The Morgan fingerprint density at radius 2 is 2.04 bits per heavy atom. The maximum atomic E-state index is 12.7. The van der Waals surface area contributed by atoms with Gasteiger partial charge in [0.2, 0.25) is 0 Å². The molecule has 1 N–H and O–H groups in total. The molecule has 8 heteroatoms. The van der Waals surface area contributed by atoms with Crippen molar-refractivity contribution in [2.24, 2.45) is 0 Å². The van der Waals surface area contributed by atoms with Gasteiger partial charge < -0.3 is 14.7 Å². The molecule has 2 aromatic rings. The molecule has 7 nitrogen and oxygen atoms in total. The van der Waals surface area contributed by atoms with Crippen molar-refractivity contribution in [3.63, 3.8) is 0 Å². The number of amides is 1. The predicted octanol–water partition coefficient (Wildman–Crippen LogP) is 2.92. The van der Waals surface area contributed by atoms with Gasteiger partial charge in [-0.15, -0.1) is 0 Å². The Kier molecular flexibility index (Phi) is 4.87. The topological polar surface area (TPSA) is 92.9 Å². The van der Waals surface area contributed by atoms with E-state index in [-0.39, 0.29) is 36.9 Å². The van der Waals surface area contributed by atoms with Gasteiger partial charge in [-0.05, 0) is 17.7 Å². The molecule has 2 aromatic carbocycles. The fraction of sp³-hybridized carbons (Fsp3) is 0.235. The van der Waals surface area contributed by atoms with E-state index in [0.29, 0.717) is 10.7 Å². The van der Waals surface area contributed by atoms with Crippen molar-refractivity contribution in [2.75, 3.05) is 11.5 Å². The molecule has 0 bridgehead atoms. The monoisotopic (exact) mass is 362 g/mol. The molecule has 0 aromatic heterocycles. The Balaban J connectivity index is 2.02. The molecule has 1 heterocycles. The van der Waals surface area contributed by atoms with Gasteiger partial charge >= 0.3 is 0 Å². The van der Waals surface area contributed by atoms with E-state index in [2.05, 4.69) is 0 Å². The lowest BCUT2D eigenvalue weighted by molar-refractivity contribution is -0.384. The van der Waals surface area contributed by atoms with Gasteiger partial charge in [0.1, 0.15) is 0 Å². The Morgan fingerprint density at radius 3 is 2.72 bits per heavy atom. The molecule has 25 heavy (non-hydrogen) atoms. The highest BCUT2D eigenvalue weighted by molar-refractivity contribution is 6.31. The summed E-state index contributed by atoms with van der Waals surface area (Å²) in [6.45, 7) is -0.0325. The van der Waals surface area contributed by atoms with Crippen LogP contribution in [0.1, 0.15) is 12.0 Å². The van der Waals surface area contributed by atoms with Crippen LogP contribution in [0, 0.1) is 10.1 Å². The third-order valence-corrected chi connectivity index (χ3v) is 4.30. The van der Waals surface area contributed by atoms with Crippen LogP contribution in [0.25, 0.3) is 0 Å². The molecule has 0 aliphatic carbocycles. The lowest BCUT2D eigenvalue weighted by Gasteiger charge is -2.34. The van der Waals surface area contributed by atoms with Crippen LogP contribution in [-0.2, 0) is 11.3 Å². The van der Waals surface area contributed by atoms with Crippen molar-refractivity contribution in [2.45, 2.75) is 19.1 Å². The zero-order valence-electron chi connectivity index (χ0n) is 13.1. The van der Waals surface area contributed by atoms with Crippen LogP contribution in [0.2, 0.25) is 5.02 Å². The first-order chi connectivity index (χ1) is 12.0. The quantitative estimate of drug-likeness (QED) is 0.652. The van der Waals surface area contributed by atoms with Crippen LogP contribution in [-0.4, -0.2) is 28.6 Å². The average Bonchev–Trinajstić information content (AvgIpc) is 2.59. The minimum absolute atomic E-state index is 0.0972. The molecule has 0 spiro atoms. The van der Waals surface area contributed by atoms with Gasteiger partial charge in [-0.1, -0.05) is 29.8 Å². The molecule has 0 saturated heterocycles. The van der Waals surface area contributed by atoms with Crippen molar-refractivity contribution in [3.8, 4) is 5.75 Å². The molecule has 0 saturated carbocycles. The minimum atomic E-state index is -0.901. The summed E-state index contributed by atoms with van der Waals surface area (Å²) in [5, 5.41) is 20.7. The summed E-state index contributed by atoms with van der Waals surface area (Å²) in [4.78, 5) is 24.7. The normalized spacial score (nSPS) is 16.3. The molecule has 130 valence electrons. The maximum absolute atomic E-state index is 12.7. The highest BCUT2D eigenvalue weighted by Gasteiger charge is 2.35. The van der Waals surface area contributed by atoms with Gasteiger partial charge in [0.25, 0.3) is 11.6 Å². The van der Waals surface area contributed by atoms with E-state index in [9.17, 15) is 14.9 Å². The Hall–Kier alpha value is -2.64. The molecular formula is C17H15ClN2O5. The standard InChI is InChI=1S/C17H15ClN2O5/c18-13-4-2-1-3-11(13)10-19-14-6-5-12(20(23)24)9-16(14)25-15(7-8-21)17(19)22/h1-6,9,15,21H,7-8,10H2. The summed E-state index contributed by atoms with van der Waals surface area (Å²) in [7, 11) is 0. The van der Waals surface area contributed by atoms with Gasteiger partial charge in [0.15, 0.2) is 11.9 Å². The maximum Gasteiger partial charge on any atom is 0.273 e. The molecule has 1 unspecified atom stereocenters. The van der Waals surface area contributed by atoms with Crippen LogP contribution >= 0.6 is 11.6 Å². The fourth-order valence-corrected chi connectivity index (χ4v) is 2.89. The third kappa shape index (κ3) is 3.42. The smallest absolute Gasteiger partial charge is 0.273 e. The summed E-state index contributed by atoms with van der Waals surface area (Å²) in [5.74, 6) is -0.0883. The third-order valence-electron chi connectivity index (χ3n) is 3.93. The van der Waals surface area contributed by atoms with Gasteiger partial charge in [-0.25, -0.2) is 0 Å². The molecule has 0 radical (unpaired) electrons. The van der Waals surface area contributed by atoms with E-state index in [0.717, 1.165) is 5.56 Å². The number of hydrogen-bond acceptors (Lipinski definition) is 5. The van der Waals surface area contributed by atoms with Gasteiger partial charge in [-0.3, -0.25) is 14.9 Å². The van der Waals surface area contributed by atoms with Gasteiger partial charge in [0.05, 0.1) is 23.2 Å². The number of nitro benzene ring substituents is 1. The van der Waals surface area contributed by atoms with E-state index in [1.807, 2.05) is 6.07 Å². The van der Waals surface area contributed by atoms with Gasteiger partial charge in [0, 0.05) is 24.1 Å². The summed E-state index contributed by atoms with van der Waals surface area (Å²) < 4.78 is 5.58. The number of non-ortho nitro benzene ring substituents is 1. The number of benzene rings is 2. The first-order valence-electron chi connectivity index (χ1n) is 7.62. The van der Waals surface area contributed by atoms with Crippen LogP contribution in [0.4, 0.5) is 11.4 Å².